The Hall–Kier alpha value is -3.07. The minimum absolute atomic E-state index is 0.0393. The lowest BCUT2D eigenvalue weighted by molar-refractivity contribution is -0.384. The minimum atomic E-state index is -0.603. The summed E-state index contributed by atoms with van der Waals surface area (Å²) in [5, 5.41) is 10.8. The van der Waals surface area contributed by atoms with Gasteiger partial charge in [-0.15, -0.1) is 0 Å². The standard InChI is InChI=1S/C12H12N6O3/c1-6-9(11(19)17-14)10(16-12(13)15-6)7-3-2-4-8(5-7)18(20)21/h2-5H,14H2,1H3,(H,17,19)(H2,13,15,16). The number of carbonyl (C=O) groups is 1. The molecule has 9 heteroatoms. The molecule has 0 atom stereocenters. The average Bonchev–Trinajstić information content (AvgIpc) is 2.45. The third-order valence-electron chi connectivity index (χ3n) is 2.80. The second kappa shape index (κ2) is 5.51. The van der Waals surface area contributed by atoms with Gasteiger partial charge in [-0.25, -0.2) is 15.8 Å². The highest BCUT2D eigenvalue weighted by Crippen LogP contribution is 2.27. The molecule has 9 nitrogen and oxygen atoms in total. The van der Waals surface area contributed by atoms with Crippen molar-refractivity contribution in [3.63, 3.8) is 0 Å². The predicted octanol–water partition coefficient (Wildman–Crippen LogP) is 0.546. The molecule has 1 heterocycles. The Bertz CT molecular complexity index is 731. The molecule has 21 heavy (non-hydrogen) atoms. The average molecular weight is 288 g/mol. The van der Waals surface area contributed by atoms with Gasteiger partial charge >= 0.3 is 0 Å². The first-order valence-corrected chi connectivity index (χ1v) is 5.84. The number of hydrogen-bond donors (Lipinski definition) is 3. The lowest BCUT2D eigenvalue weighted by atomic mass is 10.0. The van der Waals surface area contributed by atoms with Crippen molar-refractivity contribution >= 4 is 17.5 Å². The highest BCUT2D eigenvalue weighted by molar-refractivity contribution is 6.00. The quantitative estimate of drug-likeness (QED) is 0.323. The van der Waals surface area contributed by atoms with Crippen molar-refractivity contribution in [2.24, 2.45) is 5.84 Å². The fourth-order valence-electron chi connectivity index (χ4n) is 1.91. The van der Waals surface area contributed by atoms with Crippen molar-refractivity contribution in [1.82, 2.24) is 15.4 Å². The molecule has 0 radical (unpaired) electrons. The van der Waals surface area contributed by atoms with E-state index < -0.39 is 10.8 Å². The number of nitrogens with zero attached hydrogens (tertiary/aromatic N) is 3. The van der Waals surface area contributed by atoms with Crippen molar-refractivity contribution < 1.29 is 9.72 Å². The first-order chi connectivity index (χ1) is 9.93. The van der Waals surface area contributed by atoms with E-state index >= 15 is 0 Å². The zero-order valence-corrected chi connectivity index (χ0v) is 11.0. The number of hydrazine groups is 1. The Morgan fingerprint density at radius 1 is 1.38 bits per heavy atom. The molecule has 0 bridgehead atoms. The van der Waals surface area contributed by atoms with Crippen molar-refractivity contribution in [3.8, 4) is 11.3 Å². The third kappa shape index (κ3) is 2.77. The number of nitro benzene ring substituents is 1. The number of aryl methyl sites for hydroxylation is 1. The molecule has 0 saturated carbocycles. The summed E-state index contributed by atoms with van der Waals surface area (Å²) in [7, 11) is 0. The Morgan fingerprint density at radius 2 is 2.10 bits per heavy atom. The number of nitrogen functional groups attached to an aromatic ring is 2. The van der Waals surface area contributed by atoms with Crippen LogP contribution >= 0.6 is 0 Å². The molecule has 2 aromatic rings. The van der Waals surface area contributed by atoms with Crippen LogP contribution in [-0.2, 0) is 0 Å². The number of aromatic nitrogens is 2. The van der Waals surface area contributed by atoms with E-state index in [1.807, 2.05) is 5.43 Å². The number of nitro groups is 1. The summed E-state index contributed by atoms with van der Waals surface area (Å²) >= 11 is 0. The molecule has 0 spiro atoms. The molecule has 1 amide bonds. The fourth-order valence-corrected chi connectivity index (χ4v) is 1.91. The number of carbonyl (C=O) groups excluding carboxylic acids is 1. The second-order valence-corrected chi connectivity index (χ2v) is 4.17. The number of nitrogens with two attached hydrogens (primary N) is 2. The summed E-state index contributed by atoms with van der Waals surface area (Å²) < 4.78 is 0. The van der Waals surface area contributed by atoms with Gasteiger partial charge in [0, 0.05) is 17.7 Å². The largest absolute Gasteiger partial charge is 0.368 e. The topological polar surface area (TPSA) is 150 Å². The molecule has 0 aliphatic heterocycles. The fraction of sp³-hybridized carbons (Fsp3) is 0.0833. The van der Waals surface area contributed by atoms with Crippen molar-refractivity contribution in [3.05, 3.63) is 45.6 Å². The highest BCUT2D eigenvalue weighted by Gasteiger charge is 2.20. The maximum Gasteiger partial charge on any atom is 0.270 e. The first kappa shape index (κ1) is 14.3. The molecular formula is C12H12N6O3. The molecule has 0 aliphatic carbocycles. The third-order valence-corrected chi connectivity index (χ3v) is 2.80. The molecule has 1 aromatic carbocycles. The maximum absolute atomic E-state index is 11.9. The molecule has 5 N–H and O–H groups in total. The Morgan fingerprint density at radius 3 is 2.71 bits per heavy atom. The summed E-state index contributed by atoms with van der Waals surface area (Å²) in [5.41, 5.74) is 8.46. The van der Waals surface area contributed by atoms with Crippen molar-refractivity contribution in [1.29, 1.82) is 0 Å². The van der Waals surface area contributed by atoms with Crippen LogP contribution in [0.15, 0.2) is 24.3 Å². The van der Waals surface area contributed by atoms with Gasteiger partial charge in [0.05, 0.1) is 21.9 Å². The number of non-ortho nitro benzene ring substituents is 1. The van der Waals surface area contributed by atoms with Crippen LogP contribution in [-0.4, -0.2) is 20.8 Å². The van der Waals surface area contributed by atoms with Gasteiger partial charge in [0.25, 0.3) is 11.6 Å². The van der Waals surface area contributed by atoms with Crippen LogP contribution in [0.3, 0.4) is 0 Å². The summed E-state index contributed by atoms with van der Waals surface area (Å²) in [6, 6.07) is 5.71. The number of nitrogens with one attached hydrogen (secondary N) is 1. The highest BCUT2D eigenvalue weighted by atomic mass is 16.6. The molecule has 0 unspecified atom stereocenters. The van der Waals surface area contributed by atoms with E-state index in [2.05, 4.69) is 9.97 Å². The zero-order valence-electron chi connectivity index (χ0n) is 11.0. The molecule has 0 aliphatic rings. The van der Waals surface area contributed by atoms with Crippen LogP contribution in [0.2, 0.25) is 0 Å². The lowest BCUT2D eigenvalue weighted by Gasteiger charge is -2.10. The summed E-state index contributed by atoms with van der Waals surface area (Å²) in [6.07, 6.45) is 0. The summed E-state index contributed by atoms with van der Waals surface area (Å²) in [4.78, 5) is 30.1. The van der Waals surface area contributed by atoms with E-state index in [-0.39, 0.29) is 22.9 Å². The minimum Gasteiger partial charge on any atom is -0.368 e. The van der Waals surface area contributed by atoms with E-state index in [1.165, 1.54) is 18.2 Å². The monoisotopic (exact) mass is 288 g/mol. The van der Waals surface area contributed by atoms with Gasteiger partial charge in [0.1, 0.15) is 0 Å². The molecule has 1 aromatic heterocycles. The number of rotatable bonds is 3. The molecule has 0 fully saturated rings. The van der Waals surface area contributed by atoms with Gasteiger partial charge < -0.3 is 5.73 Å². The van der Waals surface area contributed by atoms with Crippen LogP contribution in [0.25, 0.3) is 11.3 Å². The van der Waals surface area contributed by atoms with Crippen LogP contribution < -0.4 is 17.0 Å². The van der Waals surface area contributed by atoms with E-state index in [1.54, 1.807) is 13.0 Å². The lowest BCUT2D eigenvalue weighted by Crippen LogP contribution is -2.31. The number of benzene rings is 1. The normalized spacial score (nSPS) is 10.2. The Balaban J connectivity index is 2.70. The van der Waals surface area contributed by atoms with Crippen molar-refractivity contribution in [2.75, 3.05) is 5.73 Å². The predicted molar refractivity (Wildman–Crippen MR) is 74.9 cm³/mol. The van der Waals surface area contributed by atoms with E-state index in [0.29, 0.717) is 11.3 Å². The van der Waals surface area contributed by atoms with Gasteiger partial charge in [0.15, 0.2) is 0 Å². The Kier molecular flexibility index (Phi) is 3.76. The summed E-state index contributed by atoms with van der Waals surface area (Å²) in [5.74, 6) is 4.50. The Labute approximate surface area is 119 Å². The van der Waals surface area contributed by atoms with E-state index in [4.69, 9.17) is 11.6 Å². The van der Waals surface area contributed by atoms with Crippen LogP contribution in [0, 0.1) is 17.0 Å². The van der Waals surface area contributed by atoms with Gasteiger partial charge in [-0.1, -0.05) is 12.1 Å². The number of anilines is 1. The first-order valence-electron chi connectivity index (χ1n) is 5.84. The molecule has 108 valence electrons. The zero-order chi connectivity index (χ0) is 15.6. The van der Waals surface area contributed by atoms with Crippen LogP contribution in [0.1, 0.15) is 16.1 Å². The van der Waals surface area contributed by atoms with Crippen LogP contribution in [0.5, 0.6) is 0 Å². The van der Waals surface area contributed by atoms with E-state index in [0.717, 1.165) is 0 Å². The smallest absolute Gasteiger partial charge is 0.270 e. The second-order valence-electron chi connectivity index (χ2n) is 4.17. The molecule has 0 saturated heterocycles. The van der Waals surface area contributed by atoms with Crippen molar-refractivity contribution in [2.45, 2.75) is 6.92 Å². The number of hydrogen-bond acceptors (Lipinski definition) is 7. The van der Waals surface area contributed by atoms with Gasteiger partial charge in [-0.2, -0.15) is 0 Å². The SMILES string of the molecule is Cc1nc(N)nc(-c2cccc([N+](=O)[O-])c2)c1C(=O)NN. The molecular weight excluding hydrogens is 276 g/mol. The number of amides is 1. The van der Waals surface area contributed by atoms with Crippen LogP contribution in [0.4, 0.5) is 11.6 Å². The maximum atomic E-state index is 11.9. The summed E-state index contributed by atoms with van der Waals surface area (Å²) in [6.45, 7) is 1.57. The van der Waals surface area contributed by atoms with Gasteiger partial charge in [0.2, 0.25) is 5.95 Å². The van der Waals surface area contributed by atoms with E-state index in [9.17, 15) is 14.9 Å². The van der Waals surface area contributed by atoms with Gasteiger partial charge in [-0.05, 0) is 6.92 Å². The molecule has 2 rings (SSSR count). The van der Waals surface area contributed by atoms with Gasteiger partial charge in [-0.3, -0.25) is 20.3 Å².